The fourth-order valence-electron chi connectivity index (χ4n) is 2.33. The molecule has 4 heteroatoms. The van der Waals surface area contributed by atoms with Crippen LogP contribution in [-0.4, -0.2) is 23.7 Å². The van der Waals surface area contributed by atoms with E-state index in [1.807, 2.05) is 41.8 Å². The SMILES string of the molecule is CC(C)CC(CO)NC(=O)c1sccc1-c1ccccc1. The third kappa shape index (κ3) is 4.16. The highest BCUT2D eigenvalue weighted by molar-refractivity contribution is 7.12. The molecule has 2 rings (SSSR count). The number of amides is 1. The van der Waals surface area contributed by atoms with Gasteiger partial charge in [-0.3, -0.25) is 4.79 Å². The van der Waals surface area contributed by atoms with Crippen molar-refractivity contribution in [2.75, 3.05) is 6.61 Å². The number of thiophene rings is 1. The Morgan fingerprint density at radius 1 is 1.24 bits per heavy atom. The fourth-order valence-corrected chi connectivity index (χ4v) is 3.15. The van der Waals surface area contributed by atoms with Crippen LogP contribution in [0.25, 0.3) is 11.1 Å². The molecule has 0 aliphatic rings. The number of hydrogen-bond donors (Lipinski definition) is 2. The van der Waals surface area contributed by atoms with Gasteiger partial charge in [0.1, 0.15) is 0 Å². The maximum Gasteiger partial charge on any atom is 0.262 e. The van der Waals surface area contributed by atoms with Crippen LogP contribution in [-0.2, 0) is 0 Å². The van der Waals surface area contributed by atoms with Gasteiger partial charge in [-0.1, -0.05) is 44.2 Å². The molecule has 0 aliphatic heterocycles. The third-order valence-corrected chi connectivity index (χ3v) is 4.18. The molecule has 1 aromatic heterocycles. The maximum atomic E-state index is 12.4. The summed E-state index contributed by atoms with van der Waals surface area (Å²) in [5, 5.41) is 14.3. The van der Waals surface area contributed by atoms with Crippen LogP contribution in [0.1, 0.15) is 29.9 Å². The van der Waals surface area contributed by atoms with E-state index in [-0.39, 0.29) is 18.6 Å². The average Bonchev–Trinajstić information content (AvgIpc) is 2.96. The average molecular weight is 303 g/mol. The summed E-state index contributed by atoms with van der Waals surface area (Å²) in [5.74, 6) is 0.322. The van der Waals surface area contributed by atoms with Crippen LogP contribution in [0.2, 0.25) is 0 Å². The van der Waals surface area contributed by atoms with Crippen molar-refractivity contribution in [3.8, 4) is 11.1 Å². The fraction of sp³-hybridized carbons (Fsp3) is 0.353. The molecule has 112 valence electrons. The zero-order valence-electron chi connectivity index (χ0n) is 12.4. The molecular formula is C17H21NO2S. The van der Waals surface area contributed by atoms with E-state index in [0.717, 1.165) is 17.5 Å². The van der Waals surface area contributed by atoms with Gasteiger partial charge < -0.3 is 10.4 Å². The summed E-state index contributed by atoms with van der Waals surface area (Å²) in [6, 6.07) is 11.6. The molecule has 0 fully saturated rings. The molecular weight excluding hydrogens is 282 g/mol. The van der Waals surface area contributed by atoms with Crippen LogP contribution in [0.4, 0.5) is 0 Å². The monoisotopic (exact) mass is 303 g/mol. The Hall–Kier alpha value is -1.65. The maximum absolute atomic E-state index is 12.4. The van der Waals surface area contributed by atoms with Gasteiger partial charge >= 0.3 is 0 Å². The smallest absolute Gasteiger partial charge is 0.262 e. The van der Waals surface area contributed by atoms with Crippen LogP contribution in [0.5, 0.6) is 0 Å². The first kappa shape index (κ1) is 15.7. The summed E-state index contributed by atoms with van der Waals surface area (Å²) in [7, 11) is 0. The van der Waals surface area contributed by atoms with E-state index in [2.05, 4.69) is 19.2 Å². The predicted octanol–water partition coefficient (Wildman–Crippen LogP) is 3.55. The molecule has 2 aromatic rings. The van der Waals surface area contributed by atoms with Crippen molar-refractivity contribution in [1.82, 2.24) is 5.32 Å². The quantitative estimate of drug-likeness (QED) is 0.857. The van der Waals surface area contributed by atoms with Crippen molar-refractivity contribution in [3.63, 3.8) is 0 Å². The molecule has 1 unspecified atom stereocenters. The van der Waals surface area contributed by atoms with E-state index in [4.69, 9.17) is 0 Å². The highest BCUT2D eigenvalue weighted by Crippen LogP contribution is 2.28. The molecule has 3 nitrogen and oxygen atoms in total. The highest BCUT2D eigenvalue weighted by Gasteiger charge is 2.18. The van der Waals surface area contributed by atoms with Crippen molar-refractivity contribution in [2.45, 2.75) is 26.3 Å². The van der Waals surface area contributed by atoms with E-state index >= 15 is 0 Å². The van der Waals surface area contributed by atoms with Gasteiger partial charge in [0.15, 0.2) is 0 Å². The van der Waals surface area contributed by atoms with Gasteiger partial charge in [-0.15, -0.1) is 11.3 Å². The molecule has 0 saturated heterocycles. The molecule has 0 bridgehead atoms. The Bertz CT molecular complexity index is 577. The lowest BCUT2D eigenvalue weighted by molar-refractivity contribution is 0.0913. The Labute approximate surface area is 129 Å². The van der Waals surface area contributed by atoms with Crippen molar-refractivity contribution in [1.29, 1.82) is 0 Å². The minimum absolute atomic E-state index is 0.0318. The third-order valence-electron chi connectivity index (χ3n) is 3.27. The second-order valence-electron chi connectivity index (χ2n) is 5.51. The van der Waals surface area contributed by atoms with Crippen molar-refractivity contribution < 1.29 is 9.90 Å². The minimum atomic E-state index is -0.191. The Morgan fingerprint density at radius 2 is 1.95 bits per heavy atom. The summed E-state index contributed by atoms with van der Waals surface area (Å²) in [5.41, 5.74) is 1.98. The molecule has 1 aromatic carbocycles. The molecule has 0 aliphatic carbocycles. The second-order valence-corrected chi connectivity index (χ2v) is 6.43. The number of aliphatic hydroxyl groups excluding tert-OH is 1. The van der Waals surface area contributed by atoms with Crippen LogP contribution >= 0.6 is 11.3 Å². The van der Waals surface area contributed by atoms with E-state index in [0.29, 0.717) is 10.8 Å². The molecule has 0 saturated carbocycles. The number of carbonyl (C=O) groups is 1. The van der Waals surface area contributed by atoms with Gasteiger partial charge in [0.2, 0.25) is 0 Å². The summed E-state index contributed by atoms with van der Waals surface area (Å²) in [4.78, 5) is 13.1. The van der Waals surface area contributed by atoms with Gasteiger partial charge in [-0.25, -0.2) is 0 Å². The van der Waals surface area contributed by atoms with Crippen LogP contribution in [0.3, 0.4) is 0 Å². The summed E-state index contributed by atoms with van der Waals surface area (Å²) in [6.45, 7) is 4.13. The zero-order chi connectivity index (χ0) is 15.2. The molecule has 0 spiro atoms. The number of carbonyl (C=O) groups excluding carboxylic acids is 1. The minimum Gasteiger partial charge on any atom is -0.394 e. The van der Waals surface area contributed by atoms with Crippen molar-refractivity contribution in [3.05, 3.63) is 46.7 Å². The van der Waals surface area contributed by atoms with Crippen molar-refractivity contribution >= 4 is 17.2 Å². The standard InChI is InChI=1S/C17H21NO2S/c1-12(2)10-14(11-19)18-17(20)16-15(8-9-21-16)13-6-4-3-5-7-13/h3-9,12,14,19H,10-11H2,1-2H3,(H,18,20). The lowest BCUT2D eigenvalue weighted by atomic mass is 10.0. The van der Waals surface area contributed by atoms with Crippen LogP contribution < -0.4 is 5.32 Å². The number of hydrogen-bond acceptors (Lipinski definition) is 3. The Morgan fingerprint density at radius 3 is 2.57 bits per heavy atom. The number of aliphatic hydroxyl groups is 1. The van der Waals surface area contributed by atoms with Gasteiger partial charge in [-0.2, -0.15) is 0 Å². The van der Waals surface area contributed by atoms with Gasteiger partial charge in [0, 0.05) is 5.56 Å². The second kappa shape index (κ2) is 7.38. The lowest BCUT2D eigenvalue weighted by Crippen LogP contribution is -2.38. The van der Waals surface area contributed by atoms with Crippen molar-refractivity contribution in [2.24, 2.45) is 5.92 Å². The summed E-state index contributed by atoms with van der Waals surface area (Å²) >= 11 is 1.43. The first-order valence-electron chi connectivity index (χ1n) is 7.16. The van der Waals surface area contributed by atoms with E-state index in [1.54, 1.807) is 0 Å². The number of nitrogens with one attached hydrogen (secondary N) is 1. The van der Waals surface area contributed by atoms with Gasteiger partial charge in [0.05, 0.1) is 17.5 Å². The number of rotatable bonds is 6. The molecule has 0 radical (unpaired) electrons. The first-order valence-corrected chi connectivity index (χ1v) is 8.04. The normalized spacial score (nSPS) is 12.4. The van der Waals surface area contributed by atoms with Crippen LogP contribution in [0, 0.1) is 5.92 Å². The first-order chi connectivity index (χ1) is 10.1. The molecule has 21 heavy (non-hydrogen) atoms. The van der Waals surface area contributed by atoms with Gasteiger partial charge in [-0.05, 0) is 29.3 Å². The van der Waals surface area contributed by atoms with E-state index in [9.17, 15) is 9.90 Å². The Balaban J connectivity index is 2.15. The lowest BCUT2D eigenvalue weighted by Gasteiger charge is -2.18. The largest absolute Gasteiger partial charge is 0.394 e. The molecule has 2 N–H and O–H groups in total. The Kier molecular flexibility index (Phi) is 5.53. The zero-order valence-corrected chi connectivity index (χ0v) is 13.2. The van der Waals surface area contributed by atoms with Crippen LogP contribution in [0.15, 0.2) is 41.8 Å². The van der Waals surface area contributed by atoms with Gasteiger partial charge in [0.25, 0.3) is 5.91 Å². The number of benzene rings is 1. The molecule has 1 heterocycles. The van der Waals surface area contributed by atoms with E-state index < -0.39 is 0 Å². The summed E-state index contributed by atoms with van der Waals surface area (Å²) < 4.78 is 0. The summed E-state index contributed by atoms with van der Waals surface area (Å²) in [6.07, 6.45) is 0.772. The predicted molar refractivity (Wildman–Crippen MR) is 87.6 cm³/mol. The highest BCUT2D eigenvalue weighted by atomic mass is 32.1. The molecule has 1 atom stereocenters. The van der Waals surface area contributed by atoms with E-state index in [1.165, 1.54) is 11.3 Å². The molecule has 1 amide bonds. The topological polar surface area (TPSA) is 49.3 Å².